The monoisotopic (exact) mass is 328 g/mol. The van der Waals surface area contributed by atoms with Crippen LogP contribution in [0.2, 0.25) is 0 Å². The quantitative estimate of drug-likeness (QED) is 0.433. The summed E-state index contributed by atoms with van der Waals surface area (Å²) < 4.78 is 10.5. The van der Waals surface area contributed by atoms with Gasteiger partial charge in [-0.25, -0.2) is 0 Å². The highest BCUT2D eigenvalue weighted by atomic mass is 16.7. The van der Waals surface area contributed by atoms with Gasteiger partial charge in [0.15, 0.2) is 6.29 Å². The second-order valence-electron chi connectivity index (χ2n) is 5.33. The first kappa shape index (κ1) is 17.8. The van der Waals surface area contributed by atoms with Gasteiger partial charge in [0, 0.05) is 0 Å². The summed E-state index contributed by atoms with van der Waals surface area (Å²) in [4.78, 5) is 11.4. The van der Waals surface area contributed by atoms with Crippen molar-refractivity contribution in [2.75, 3.05) is 13.2 Å². The van der Waals surface area contributed by atoms with E-state index in [0.29, 0.717) is 5.56 Å². The van der Waals surface area contributed by atoms with E-state index in [1.165, 1.54) is 0 Å². The lowest BCUT2D eigenvalue weighted by atomic mass is 9.98. The minimum Gasteiger partial charge on any atom is -0.481 e. The van der Waals surface area contributed by atoms with Gasteiger partial charge in [-0.3, -0.25) is 4.79 Å². The van der Waals surface area contributed by atoms with E-state index in [2.05, 4.69) is 0 Å². The molecule has 6 atom stereocenters. The van der Waals surface area contributed by atoms with Crippen molar-refractivity contribution in [3.05, 3.63) is 35.9 Å². The molecule has 0 radical (unpaired) electrons. The van der Waals surface area contributed by atoms with Crippen LogP contribution in [-0.4, -0.2) is 75.4 Å². The van der Waals surface area contributed by atoms with Crippen LogP contribution in [0, 0.1) is 0 Å². The van der Waals surface area contributed by atoms with Gasteiger partial charge >= 0.3 is 5.97 Å². The van der Waals surface area contributed by atoms with Crippen LogP contribution in [0.25, 0.3) is 0 Å². The Hall–Kier alpha value is -1.55. The van der Waals surface area contributed by atoms with E-state index < -0.39 is 49.2 Å². The number of rotatable bonds is 6. The fourth-order valence-electron chi connectivity index (χ4n) is 2.39. The molecule has 0 spiro atoms. The zero-order valence-electron chi connectivity index (χ0n) is 12.2. The van der Waals surface area contributed by atoms with Crippen molar-refractivity contribution < 1.29 is 39.8 Å². The molecule has 2 rings (SSSR count). The lowest BCUT2D eigenvalue weighted by molar-refractivity contribution is -0.301. The van der Waals surface area contributed by atoms with Crippen molar-refractivity contribution in [3.8, 4) is 0 Å². The smallest absolute Gasteiger partial charge is 0.313 e. The number of aliphatic carboxylic acids is 1. The van der Waals surface area contributed by atoms with Crippen molar-refractivity contribution in [1.82, 2.24) is 0 Å². The molecular formula is C15H20O8. The molecular weight excluding hydrogens is 308 g/mol. The predicted molar refractivity (Wildman–Crippen MR) is 76.5 cm³/mol. The molecule has 6 unspecified atom stereocenters. The van der Waals surface area contributed by atoms with Crippen molar-refractivity contribution in [3.63, 3.8) is 0 Å². The second-order valence-corrected chi connectivity index (χ2v) is 5.33. The number of aliphatic hydroxyl groups is 4. The largest absolute Gasteiger partial charge is 0.481 e. The molecule has 8 nitrogen and oxygen atoms in total. The van der Waals surface area contributed by atoms with Crippen LogP contribution in [0.4, 0.5) is 0 Å². The standard InChI is InChI=1S/C15H20O8/c16-6-10-11(17)12(18)13(19)15(23-10)22-7-9(14(20)21)8-4-2-1-3-5-8/h1-5,9-13,15-19H,6-7H2,(H,20,21). The van der Waals surface area contributed by atoms with Gasteiger partial charge in [0.05, 0.1) is 13.2 Å². The third-order valence-electron chi connectivity index (χ3n) is 3.78. The van der Waals surface area contributed by atoms with Gasteiger partial charge in [-0.05, 0) is 5.56 Å². The first-order valence-corrected chi connectivity index (χ1v) is 7.15. The van der Waals surface area contributed by atoms with Gasteiger partial charge in [-0.1, -0.05) is 30.3 Å². The molecule has 23 heavy (non-hydrogen) atoms. The summed E-state index contributed by atoms with van der Waals surface area (Å²) >= 11 is 0. The van der Waals surface area contributed by atoms with Crippen molar-refractivity contribution in [2.45, 2.75) is 36.6 Å². The van der Waals surface area contributed by atoms with E-state index in [0.717, 1.165) is 0 Å². The molecule has 0 amide bonds. The van der Waals surface area contributed by atoms with E-state index in [4.69, 9.17) is 14.6 Å². The van der Waals surface area contributed by atoms with Crippen molar-refractivity contribution in [2.24, 2.45) is 0 Å². The molecule has 8 heteroatoms. The Bertz CT molecular complexity index is 505. The molecule has 5 N–H and O–H groups in total. The number of benzene rings is 1. The lowest BCUT2D eigenvalue weighted by Crippen LogP contribution is -2.59. The maximum absolute atomic E-state index is 11.4. The maximum Gasteiger partial charge on any atom is 0.313 e. The number of hydrogen-bond acceptors (Lipinski definition) is 7. The first-order chi connectivity index (χ1) is 11.0. The third kappa shape index (κ3) is 4.05. The molecule has 1 aromatic rings. The van der Waals surface area contributed by atoms with Gasteiger partial charge in [-0.15, -0.1) is 0 Å². The molecule has 128 valence electrons. The van der Waals surface area contributed by atoms with Crippen LogP contribution in [0.1, 0.15) is 11.5 Å². The Morgan fingerprint density at radius 2 is 1.78 bits per heavy atom. The average molecular weight is 328 g/mol. The summed E-state index contributed by atoms with van der Waals surface area (Å²) in [5.41, 5.74) is 0.518. The molecule has 0 aliphatic carbocycles. The highest BCUT2D eigenvalue weighted by Crippen LogP contribution is 2.24. The third-order valence-corrected chi connectivity index (χ3v) is 3.78. The normalized spacial score (nSPS) is 32.4. The minimum atomic E-state index is -1.56. The highest BCUT2D eigenvalue weighted by Gasteiger charge is 2.44. The number of carbonyl (C=O) groups is 1. The SMILES string of the molecule is O=C(O)C(COC1OC(CO)C(O)C(O)C1O)c1ccccc1. The van der Waals surface area contributed by atoms with Crippen molar-refractivity contribution >= 4 is 5.97 Å². The van der Waals surface area contributed by atoms with Crippen LogP contribution in [-0.2, 0) is 14.3 Å². The molecule has 1 saturated heterocycles. The zero-order chi connectivity index (χ0) is 17.0. The number of carboxylic acid groups (broad SMARTS) is 1. The number of ether oxygens (including phenoxy) is 2. The van der Waals surface area contributed by atoms with E-state index in [1.807, 2.05) is 0 Å². The van der Waals surface area contributed by atoms with E-state index in [1.54, 1.807) is 30.3 Å². The van der Waals surface area contributed by atoms with Crippen LogP contribution in [0.3, 0.4) is 0 Å². The molecule has 1 aromatic carbocycles. The Balaban J connectivity index is 2.04. The maximum atomic E-state index is 11.4. The van der Waals surface area contributed by atoms with Crippen LogP contribution >= 0.6 is 0 Å². The van der Waals surface area contributed by atoms with Gasteiger partial charge < -0.3 is 35.0 Å². The fraction of sp³-hybridized carbons (Fsp3) is 0.533. The van der Waals surface area contributed by atoms with E-state index in [9.17, 15) is 25.2 Å². The predicted octanol–water partition coefficient (Wildman–Crippen LogP) is -1.33. The number of carboxylic acids is 1. The second kappa shape index (κ2) is 7.82. The van der Waals surface area contributed by atoms with Gasteiger partial charge in [0.1, 0.15) is 30.3 Å². The zero-order valence-corrected chi connectivity index (χ0v) is 12.2. The summed E-state index contributed by atoms with van der Waals surface area (Å²) in [7, 11) is 0. The molecule has 0 aromatic heterocycles. The summed E-state index contributed by atoms with van der Waals surface area (Å²) in [5, 5.41) is 47.6. The van der Waals surface area contributed by atoms with Crippen LogP contribution in [0.15, 0.2) is 30.3 Å². The van der Waals surface area contributed by atoms with Gasteiger partial charge in [-0.2, -0.15) is 0 Å². The molecule has 1 aliphatic rings. The molecule has 1 heterocycles. The van der Waals surface area contributed by atoms with Crippen LogP contribution < -0.4 is 0 Å². The molecule has 1 fully saturated rings. The average Bonchev–Trinajstić information content (AvgIpc) is 2.55. The molecule has 0 saturated carbocycles. The summed E-state index contributed by atoms with van der Waals surface area (Å²) in [6, 6.07) is 8.41. The molecule has 1 aliphatic heterocycles. The molecule has 0 bridgehead atoms. The summed E-state index contributed by atoms with van der Waals surface area (Å²) in [6.45, 7) is -0.881. The van der Waals surface area contributed by atoms with E-state index in [-0.39, 0.29) is 6.61 Å². The minimum absolute atomic E-state index is 0.304. The highest BCUT2D eigenvalue weighted by molar-refractivity contribution is 5.76. The Morgan fingerprint density at radius 3 is 2.35 bits per heavy atom. The topological polar surface area (TPSA) is 137 Å². The Labute approximate surface area is 132 Å². The summed E-state index contributed by atoms with van der Waals surface area (Å²) in [5.74, 6) is -2.09. The van der Waals surface area contributed by atoms with E-state index >= 15 is 0 Å². The number of hydrogen-bond donors (Lipinski definition) is 5. The first-order valence-electron chi connectivity index (χ1n) is 7.15. The van der Waals surface area contributed by atoms with Gasteiger partial charge in [0.25, 0.3) is 0 Å². The van der Waals surface area contributed by atoms with Gasteiger partial charge in [0.2, 0.25) is 0 Å². The van der Waals surface area contributed by atoms with Crippen molar-refractivity contribution in [1.29, 1.82) is 0 Å². The summed E-state index contributed by atoms with van der Waals surface area (Å²) in [6.07, 6.45) is -7.06. The Kier molecular flexibility index (Phi) is 6.05. The number of aliphatic hydroxyl groups excluding tert-OH is 4. The van der Waals surface area contributed by atoms with Crippen LogP contribution in [0.5, 0.6) is 0 Å². The Morgan fingerprint density at radius 1 is 1.13 bits per heavy atom. The lowest BCUT2D eigenvalue weighted by Gasteiger charge is -2.39. The fourth-order valence-corrected chi connectivity index (χ4v) is 2.39.